The fourth-order valence-corrected chi connectivity index (χ4v) is 3.63. The van der Waals surface area contributed by atoms with Crippen molar-refractivity contribution in [2.75, 3.05) is 13.2 Å². The summed E-state index contributed by atoms with van der Waals surface area (Å²) in [5.41, 5.74) is 0. The van der Waals surface area contributed by atoms with Gasteiger partial charge in [-0.3, -0.25) is 9.88 Å². The van der Waals surface area contributed by atoms with Crippen molar-refractivity contribution in [1.29, 1.82) is 0 Å². The minimum absolute atomic E-state index is 0.181. The summed E-state index contributed by atoms with van der Waals surface area (Å²) in [6.45, 7) is 2.56. The Balaban J connectivity index is 1.29. The molecular weight excluding hydrogens is 292 g/mol. The maximum absolute atomic E-state index is 6.26. The number of hydrogen-bond donors (Lipinski definition) is 0. The van der Waals surface area contributed by atoms with Gasteiger partial charge in [-0.15, -0.1) is 0 Å². The van der Waals surface area contributed by atoms with E-state index in [9.17, 15) is 0 Å². The largest absolute Gasteiger partial charge is 0.489 e. The van der Waals surface area contributed by atoms with Gasteiger partial charge in [-0.25, -0.2) is 0 Å². The first-order chi connectivity index (χ1) is 11.4. The molecule has 0 radical (unpaired) electrons. The maximum atomic E-state index is 6.26. The third kappa shape index (κ3) is 3.41. The third-order valence-corrected chi connectivity index (χ3v) is 4.76. The molecule has 2 fully saturated rings. The molecule has 2 aliphatic heterocycles. The highest BCUT2D eigenvalue weighted by Crippen LogP contribution is 2.32. The van der Waals surface area contributed by atoms with Crippen LogP contribution < -0.4 is 4.74 Å². The number of furan rings is 1. The molecule has 0 bridgehead atoms. The topological polar surface area (TPSA) is 47.7 Å². The van der Waals surface area contributed by atoms with Gasteiger partial charge in [-0.2, -0.15) is 0 Å². The van der Waals surface area contributed by atoms with Crippen LogP contribution in [0.2, 0.25) is 0 Å². The van der Waals surface area contributed by atoms with Gasteiger partial charge in [-0.1, -0.05) is 0 Å². The minimum Gasteiger partial charge on any atom is -0.489 e. The van der Waals surface area contributed by atoms with Crippen LogP contribution in [0, 0.1) is 0 Å². The molecule has 0 saturated carbocycles. The van der Waals surface area contributed by atoms with E-state index in [0.717, 1.165) is 43.9 Å². The Morgan fingerprint density at radius 2 is 2.22 bits per heavy atom. The quantitative estimate of drug-likeness (QED) is 0.849. The van der Waals surface area contributed by atoms with Gasteiger partial charge in [0, 0.05) is 18.8 Å². The average Bonchev–Trinajstić information content (AvgIpc) is 3.24. The highest BCUT2D eigenvalue weighted by atomic mass is 16.5. The molecule has 23 heavy (non-hydrogen) atoms. The SMILES string of the molecule is c1cncc(OC[C@@H]2CC[C@H]3[C@H](CCN3Cc3ccco3)O2)c1. The van der Waals surface area contributed by atoms with Gasteiger partial charge in [0.15, 0.2) is 0 Å². The lowest BCUT2D eigenvalue weighted by molar-refractivity contribution is -0.0845. The third-order valence-electron chi connectivity index (χ3n) is 4.76. The van der Waals surface area contributed by atoms with Crippen LogP contribution in [0.5, 0.6) is 5.75 Å². The molecule has 2 aliphatic rings. The van der Waals surface area contributed by atoms with Crippen LogP contribution in [0.15, 0.2) is 47.3 Å². The number of nitrogens with zero attached hydrogens (tertiary/aromatic N) is 2. The van der Waals surface area contributed by atoms with Crippen molar-refractivity contribution >= 4 is 0 Å². The highest BCUT2D eigenvalue weighted by Gasteiger charge is 2.40. The van der Waals surface area contributed by atoms with E-state index in [2.05, 4.69) is 9.88 Å². The zero-order chi connectivity index (χ0) is 15.5. The van der Waals surface area contributed by atoms with E-state index in [1.165, 1.54) is 0 Å². The molecule has 2 aromatic rings. The Bertz CT molecular complexity index is 602. The Morgan fingerprint density at radius 3 is 3.04 bits per heavy atom. The van der Waals surface area contributed by atoms with Crippen molar-refractivity contribution in [2.45, 2.75) is 44.1 Å². The predicted molar refractivity (Wildman–Crippen MR) is 85.2 cm³/mol. The molecule has 2 aromatic heterocycles. The van der Waals surface area contributed by atoms with Gasteiger partial charge in [0.2, 0.25) is 0 Å². The number of hydrogen-bond acceptors (Lipinski definition) is 5. The van der Waals surface area contributed by atoms with Crippen molar-refractivity contribution in [3.05, 3.63) is 48.7 Å². The van der Waals surface area contributed by atoms with Crippen molar-refractivity contribution in [3.8, 4) is 5.75 Å². The molecule has 4 rings (SSSR count). The van der Waals surface area contributed by atoms with Crippen LogP contribution in [0.25, 0.3) is 0 Å². The Labute approximate surface area is 136 Å². The monoisotopic (exact) mass is 314 g/mol. The van der Waals surface area contributed by atoms with Crippen molar-refractivity contribution in [1.82, 2.24) is 9.88 Å². The minimum atomic E-state index is 0.181. The molecule has 0 amide bonds. The number of aromatic nitrogens is 1. The Kier molecular flexibility index (Phi) is 4.30. The number of fused-ring (bicyclic) bond motifs is 1. The Hall–Kier alpha value is -1.85. The van der Waals surface area contributed by atoms with E-state index in [-0.39, 0.29) is 6.10 Å². The number of pyridine rings is 1. The smallest absolute Gasteiger partial charge is 0.137 e. The van der Waals surface area contributed by atoms with Gasteiger partial charge in [0.1, 0.15) is 18.1 Å². The molecule has 0 N–H and O–H groups in total. The van der Waals surface area contributed by atoms with E-state index in [0.29, 0.717) is 18.8 Å². The molecule has 5 nitrogen and oxygen atoms in total. The van der Waals surface area contributed by atoms with Gasteiger partial charge < -0.3 is 13.9 Å². The first kappa shape index (κ1) is 14.7. The van der Waals surface area contributed by atoms with Crippen LogP contribution in [-0.2, 0) is 11.3 Å². The average molecular weight is 314 g/mol. The van der Waals surface area contributed by atoms with Crippen LogP contribution in [0.4, 0.5) is 0 Å². The van der Waals surface area contributed by atoms with Gasteiger partial charge in [-0.05, 0) is 43.5 Å². The Morgan fingerprint density at radius 1 is 1.22 bits per heavy atom. The zero-order valence-electron chi connectivity index (χ0n) is 13.1. The zero-order valence-corrected chi connectivity index (χ0v) is 13.1. The molecule has 122 valence electrons. The summed E-state index contributed by atoms with van der Waals surface area (Å²) in [5.74, 6) is 1.84. The lowest BCUT2D eigenvalue weighted by Crippen LogP contribution is -2.43. The molecule has 5 heteroatoms. The van der Waals surface area contributed by atoms with E-state index in [1.54, 1.807) is 18.7 Å². The van der Waals surface area contributed by atoms with Gasteiger partial charge >= 0.3 is 0 Å². The summed E-state index contributed by atoms with van der Waals surface area (Å²) in [4.78, 5) is 6.55. The van der Waals surface area contributed by atoms with Crippen LogP contribution in [-0.4, -0.2) is 41.3 Å². The second-order valence-electron chi connectivity index (χ2n) is 6.28. The predicted octanol–water partition coefficient (Wildman–Crippen LogP) is 2.88. The summed E-state index contributed by atoms with van der Waals surface area (Å²) in [7, 11) is 0. The second kappa shape index (κ2) is 6.72. The van der Waals surface area contributed by atoms with Crippen LogP contribution >= 0.6 is 0 Å². The molecule has 3 atom stereocenters. The second-order valence-corrected chi connectivity index (χ2v) is 6.28. The molecule has 0 aliphatic carbocycles. The molecule has 0 unspecified atom stereocenters. The number of likely N-dealkylation sites (tertiary alicyclic amines) is 1. The standard InChI is InChI=1S/C18H22N2O3/c1-3-14(11-19-8-1)22-13-16-5-6-17-18(23-16)7-9-20(17)12-15-4-2-10-21-15/h1-4,8,10-11,16-18H,5-7,9,12-13H2/t16-,17-,18-/m0/s1. The summed E-state index contributed by atoms with van der Waals surface area (Å²) >= 11 is 0. The number of rotatable bonds is 5. The number of ether oxygens (including phenoxy) is 2. The fourth-order valence-electron chi connectivity index (χ4n) is 3.63. The molecular formula is C18H22N2O3. The van der Waals surface area contributed by atoms with E-state index in [4.69, 9.17) is 13.9 Å². The first-order valence-electron chi connectivity index (χ1n) is 8.33. The molecule has 0 aromatic carbocycles. The molecule has 4 heterocycles. The fraction of sp³-hybridized carbons (Fsp3) is 0.500. The summed E-state index contributed by atoms with van der Waals surface area (Å²) < 4.78 is 17.5. The van der Waals surface area contributed by atoms with Crippen molar-refractivity contribution in [2.24, 2.45) is 0 Å². The summed E-state index contributed by atoms with van der Waals surface area (Å²) in [5, 5.41) is 0. The van der Waals surface area contributed by atoms with Crippen molar-refractivity contribution < 1.29 is 13.9 Å². The van der Waals surface area contributed by atoms with Crippen molar-refractivity contribution in [3.63, 3.8) is 0 Å². The normalized spacial score (nSPS) is 27.7. The van der Waals surface area contributed by atoms with E-state index in [1.807, 2.05) is 24.3 Å². The van der Waals surface area contributed by atoms with Crippen LogP contribution in [0.1, 0.15) is 25.0 Å². The van der Waals surface area contributed by atoms with Gasteiger partial charge in [0.05, 0.1) is 31.2 Å². The van der Waals surface area contributed by atoms with E-state index < -0.39 is 0 Å². The van der Waals surface area contributed by atoms with E-state index >= 15 is 0 Å². The maximum Gasteiger partial charge on any atom is 0.137 e. The molecule has 2 saturated heterocycles. The van der Waals surface area contributed by atoms with Gasteiger partial charge in [0.25, 0.3) is 0 Å². The first-order valence-corrected chi connectivity index (χ1v) is 8.33. The lowest BCUT2D eigenvalue weighted by atomic mass is 9.99. The van der Waals surface area contributed by atoms with Crippen LogP contribution in [0.3, 0.4) is 0 Å². The lowest BCUT2D eigenvalue weighted by Gasteiger charge is -2.35. The summed E-state index contributed by atoms with van der Waals surface area (Å²) in [6.07, 6.45) is 9.03. The summed E-state index contributed by atoms with van der Waals surface area (Å²) in [6, 6.07) is 8.32. The highest BCUT2D eigenvalue weighted by molar-refractivity contribution is 5.15. The molecule has 0 spiro atoms.